The zero-order valence-corrected chi connectivity index (χ0v) is 16.7. The maximum Gasteiger partial charge on any atom is 0.317 e. The summed E-state index contributed by atoms with van der Waals surface area (Å²) in [5, 5.41) is 11.2. The predicted molar refractivity (Wildman–Crippen MR) is 108 cm³/mol. The fourth-order valence-corrected chi connectivity index (χ4v) is 4.00. The van der Waals surface area contributed by atoms with Crippen molar-refractivity contribution in [1.82, 2.24) is 20.4 Å². The number of benzene rings is 1. The van der Waals surface area contributed by atoms with E-state index in [9.17, 15) is 9.18 Å². The molecule has 2 heterocycles. The van der Waals surface area contributed by atoms with Gasteiger partial charge in [0.25, 0.3) is 0 Å². The second-order valence-electron chi connectivity index (χ2n) is 7.73. The summed E-state index contributed by atoms with van der Waals surface area (Å²) in [6, 6.07) is 8.84. The van der Waals surface area contributed by atoms with E-state index in [1.165, 1.54) is 13.2 Å². The molecule has 4 rings (SSSR count). The minimum Gasteiger partial charge on any atom is -0.494 e. The molecule has 3 atom stereocenters. The Morgan fingerprint density at radius 3 is 3.00 bits per heavy atom. The van der Waals surface area contributed by atoms with Crippen LogP contribution in [0.1, 0.15) is 30.7 Å². The number of urea groups is 1. The molecule has 1 N–H and O–H groups in total. The Morgan fingerprint density at radius 1 is 1.38 bits per heavy atom. The fourth-order valence-electron chi connectivity index (χ4n) is 4.00. The molecule has 2 aliphatic rings. The lowest BCUT2D eigenvalue weighted by molar-refractivity contribution is 0.182. The molecular formula is C21H26FN5O2. The number of anilines is 1. The number of rotatable bonds is 5. The lowest BCUT2D eigenvalue weighted by Crippen LogP contribution is -2.52. The number of piperidine rings is 1. The molecule has 154 valence electrons. The molecule has 1 aromatic heterocycles. The Balaban J connectivity index is 1.33. The SMILES string of the molecule is COc1cc([C@@H]2C[C@H]2NC(=O)N(C)[C@@H]2CCCN(c3cccnn3)C2)ccc1F. The summed E-state index contributed by atoms with van der Waals surface area (Å²) in [5.41, 5.74) is 0.989. The normalized spacial score (nSPS) is 23.4. The van der Waals surface area contributed by atoms with Gasteiger partial charge in [-0.15, -0.1) is 5.10 Å². The number of ether oxygens (including phenoxy) is 1. The van der Waals surface area contributed by atoms with Gasteiger partial charge in [-0.3, -0.25) is 0 Å². The molecule has 8 heteroatoms. The van der Waals surface area contributed by atoms with Gasteiger partial charge in [-0.1, -0.05) is 6.07 Å². The molecule has 2 amide bonds. The van der Waals surface area contributed by atoms with Gasteiger partial charge in [0.1, 0.15) is 0 Å². The summed E-state index contributed by atoms with van der Waals surface area (Å²) in [4.78, 5) is 16.7. The van der Waals surface area contributed by atoms with Crippen LogP contribution in [0.4, 0.5) is 15.0 Å². The highest BCUT2D eigenvalue weighted by atomic mass is 19.1. The largest absolute Gasteiger partial charge is 0.494 e. The van der Waals surface area contributed by atoms with Gasteiger partial charge >= 0.3 is 6.03 Å². The molecule has 2 fully saturated rings. The molecule has 1 aliphatic heterocycles. The van der Waals surface area contributed by atoms with Gasteiger partial charge in [-0.25, -0.2) is 9.18 Å². The lowest BCUT2D eigenvalue weighted by Gasteiger charge is -2.38. The van der Waals surface area contributed by atoms with Crippen LogP contribution in [0.3, 0.4) is 0 Å². The van der Waals surface area contributed by atoms with E-state index in [-0.39, 0.29) is 35.6 Å². The molecular weight excluding hydrogens is 373 g/mol. The third-order valence-corrected chi connectivity index (χ3v) is 5.85. The molecule has 0 spiro atoms. The van der Waals surface area contributed by atoms with Crippen LogP contribution in [0.15, 0.2) is 36.5 Å². The Kier molecular flexibility index (Phi) is 5.51. The number of carbonyl (C=O) groups excluding carboxylic acids is 1. The number of carbonyl (C=O) groups is 1. The van der Waals surface area contributed by atoms with Crippen LogP contribution >= 0.6 is 0 Å². The van der Waals surface area contributed by atoms with Gasteiger partial charge in [0.05, 0.1) is 13.2 Å². The first-order chi connectivity index (χ1) is 14.1. The number of likely N-dealkylation sites (N-methyl/N-ethyl adjacent to an activating group) is 1. The number of nitrogens with zero attached hydrogens (tertiary/aromatic N) is 4. The monoisotopic (exact) mass is 399 g/mol. The van der Waals surface area contributed by atoms with E-state index in [4.69, 9.17) is 4.74 Å². The standard InChI is InChI=1S/C21H26FN5O2/c1-26(15-5-4-10-27(13-15)20-6-3-9-23-25-20)21(28)24-18-12-16(18)14-7-8-17(22)19(11-14)29-2/h3,6-9,11,15-16,18H,4-5,10,12-13H2,1-2H3,(H,24,28)/t15-,16+,18-/m1/s1. The van der Waals surface area contributed by atoms with Crippen LogP contribution in [0.2, 0.25) is 0 Å². The maximum absolute atomic E-state index is 13.6. The highest BCUT2D eigenvalue weighted by Crippen LogP contribution is 2.42. The first-order valence-corrected chi connectivity index (χ1v) is 9.96. The van der Waals surface area contributed by atoms with Crippen LogP contribution in [-0.4, -0.2) is 60.5 Å². The van der Waals surface area contributed by atoms with E-state index in [1.807, 2.05) is 19.2 Å². The topological polar surface area (TPSA) is 70.6 Å². The molecule has 0 radical (unpaired) electrons. The summed E-state index contributed by atoms with van der Waals surface area (Å²) < 4.78 is 18.7. The molecule has 1 saturated heterocycles. The summed E-state index contributed by atoms with van der Waals surface area (Å²) in [6.07, 6.45) is 4.47. The van der Waals surface area contributed by atoms with Crippen LogP contribution in [0.5, 0.6) is 5.75 Å². The van der Waals surface area contributed by atoms with Crippen molar-refractivity contribution < 1.29 is 13.9 Å². The van der Waals surface area contributed by atoms with Crippen molar-refractivity contribution in [2.45, 2.75) is 37.3 Å². The lowest BCUT2D eigenvalue weighted by atomic mass is 10.0. The zero-order valence-electron chi connectivity index (χ0n) is 16.7. The van der Waals surface area contributed by atoms with Gasteiger partial charge in [-0.2, -0.15) is 5.10 Å². The molecule has 0 unspecified atom stereocenters. The van der Waals surface area contributed by atoms with Gasteiger partial charge in [-0.05, 0) is 49.1 Å². The smallest absolute Gasteiger partial charge is 0.317 e. The Labute approximate surface area is 169 Å². The summed E-state index contributed by atoms with van der Waals surface area (Å²) in [6.45, 7) is 1.66. The van der Waals surface area contributed by atoms with Gasteiger partial charge in [0.2, 0.25) is 0 Å². The number of halogens is 1. The van der Waals surface area contributed by atoms with Crippen LogP contribution in [0, 0.1) is 5.82 Å². The van der Waals surface area contributed by atoms with E-state index >= 15 is 0 Å². The number of hydrogen-bond donors (Lipinski definition) is 1. The average Bonchev–Trinajstić information content (AvgIpc) is 3.53. The highest BCUT2D eigenvalue weighted by Gasteiger charge is 2.41. The van der Waals surface area contributed by atoms with Gasteiger partial charge in [0.15, 0.2) is 17.4 Å². The number of nitrogens with one attached hydrogen (secondary N) is 1. The van der Waals surface area contributed by atoms with Gasteiger partial charge in [0, 0.05) is 38.3 Å². The highest BCUT2D eigenvalue weighted by molar-refractivity contribution is 5.75. The Bertz CT molecular complexity index is 865. The zero-order chi connectivity index (χ0) is 20.4. The Morgan fingerprint density at radius 2 is 2.24 bits per heavy atom. The van der Waals surface area contributed by atoms with E-state index in [2.05, 4.69) is 20.4 Å². The number of hydrogen-bond acceptors (Lipinski definition) is 5. The molecule has 1 aliphatic carbocycles. The first-order valence-electron chi connectivity index (χ1n) is 9.96. The van der Waals surface area contributed by atoms with Crippen LogP contribution in [0.25, 0.3) is 0 Å². The molecule has 1 saturated carbocycles. The van der Waals surface area contributed by atoms with Crippen molar-refractivity contribution in [3.8, 4) is 5.75 Å². The molecule has 29 heavy (non-hydrogen) atoms. The van der Waals surface area contributed by atoms with Crippen molar-refractivity contribution in [3.63, 3.8) is 0 Å². The van der Waals surface area contributed by atoms with Crippen molar-refractivity contribution in [2.24, 2.45) is 0 Å². The van der Waals surface area contributed by atoms with E-state index in [0.717, 1.165) is 43.7 Å². The third-order valence-electron chi connectivity index (χ3n) is 5.85. The minimum absolute atomic E-state index is 0.0693. The number of methoxy groups -OCH3 is 1. The van der Waals surface area contributed by atoms with Gasteiger partial charge < -0.3 is 19.9 Å². The summed E-state index contributed by atoms with van der Waals surface area (Å²) >= 11 is 0. The number of amides is 2. The van der Waals surface area contributed by atoms with Crippen molar-refractivity contribution in [2.75, 3.05) is 32.1 Å². The molecule has 2 aromatic rings. The molecule has 1 aromatic carbocycles. The van der Waals surface area contributed by atoms with Crippen molar-refractivity contribution >= 4 is 11.8 Å². The van der Waals surface area contributed by atoms with E-state index < -0.39 is 0 Å². The van der Waals surface area contributed by atoms with Crippen LogP contribution < -0.4 is 15.0 Å². The minimum atomic E-state index is -0.373. The molecule has 7 nitrogen and oxygen atoms in total. The van der Waals surface area contributed by atoms with E-state index in [0.29, 0.717) is 0 Å². The fraction of sp³-hybridized carbons (Fsp3) is 0.476. The van der Waals surface area contributed by atoms with Crippen molar-refractivity contribution in [3.05, 3.63) is 47.9 Å². The molecule has 0 bridgehead atoms. The number of aromatic nitrogens is 2. The maximum atomic E-state index is 13.6. The first kappa shape index (κ1) is 19.4. The third kappa shape index (κ3) is 4.26. The quantitative estimate of drug-likeness (QED) is 0.837. The van der Waals surface area contributed by atoms with Crippen LogP contribution in [-0.2, 0) is 0 Å². The van der Waals surface area contributed by atoms with Crippen molar-refractivity contribution in [1.29, 1.82) is 0 Å². The average molecular weight is 399 g/mol. The summed E-state index contributed by atoms with van der Waals surface area (Å²) in [7, 11) is 3.30. The Hall–Kier alpha value is -2.90. The second kappa shape index (κ2) is 8.23. The predicted octanol–water partition coefficient (Wildman–Crippen LogP) is 2.79. The summed E-state index contributed by atoms with van der Waals surface area (Å²) in [5.74, 6) is 0.910. The second-order valence-corrected chi connectivity index (χ2v) is 7.73. The van der Waals surface area contributed by atoms with E-state index in [1.54, 1.807) is 23.2 Å².